The van der Waals surface area contributed by atoms with E-state index in [1.54, 1.807) is 67.6 Å². The van der Waals surface area contributed by atoms with Crippen molar-refractivity contribution in [2.24, 2.45) is 0 Å². The molecule has 0 atom stereocenters. The number of carbonyl (C=O) groups is 1. The summed E-state index contributed by atoms with van der Waals surface area (Å²) in [5, 5.41) is 4.16. The number of hydrogen-bond donors (Lipinski definition) is 1. The van der Waals surface area contributed by atoms with Crippen LogP contribution in [0, 0.1) is 0 Å². The maximum Gasteiger partial charge on any atom is 0.265 e. The fourth-order valence-corrected chi connectivity index (χ4v) is 6.32. The summed E-state index contributed by atoms with van der Waals surface area (Å²) in [5.41, 5.74) is 0.945. The number of hydrogen-bond acceptors (Lipinski definition) is 4. The SMILES string of the molecule is CCN(c1ccc2sc(C(=O)Nc3cccc(Cl)c3Cl)cc2c1)S(=O)(=O)c1ccc(Br)cc1. The van der Waals surface area contributed by atoms with Gasteiger partial charge in [0.1, 0.15) is 0 Å². The molecule has 170 valence electrons. The molecule has 1 N–H and O–H groups in total. The molecule has 0 aliphatic rings. The molecule has 0 fully saturated rings. The van der Waals surface area contributed by atoms with Crippen LogP contribution in [0.1, 0.15) is 16.6 Å². The Morgan fingerprint density at radius 2 is 1.79 bits per heavy atom. The standard InChI is InChI=1S/C23H17BrCl2N2O3S2/c1-2-28(33(30,31)17-9-6-15(24)7-10-17)16-8-11-20-14(12-16)13-21(32-20)23(29)27-19-5-3-4-18(25)22(19)26/h3-13H,2H2,1H3,(H,27,29). The average molecular weight is 584 g/mol. The predicted octanol–water partition coefficient (Wildman–Crippen LogP) is 7.44. The molecule has 5 nitrogen and oxygen atoms in total. The van der Waals surface area contributed by atoms with Gasteiger partial charge in [-0.25, -0.2) is 8.42 Å². The summed E-state index contributed by atoms with van der Waals surface area (Å²) in [6.07, 6.45) is 0. The highest BCUT2D eigenvalue weighted by Crippen LogP contribution is 2.34. The highest BCUT2D eigenvalue weighted by atomic mass is 79.9. The van der Waals surface area contributed by atoms with E-state index >= 15 is 0 Å². The second-order valence-corrected chi connectivity index (χ2v) is 11.7. The number of rotatable bonds is 6. The Kier molecular flexibility index (Phi) is 7.02. The molecule has 4 rings (SSSR count). The minimum Gasteiger partial charge on any atom is -0.320 e. The lowest BCUT2D eigenvalue weighted by Crippen LogP contribution is -2.30. The zero-order valence-electron chi connectivity index (χ0n) is 17.2. The van der Waals surface area contributed by atoms with Gasteiger partial charge in [0.05, 0.1) is 31.2 Å². The van der Waals surface area contributed by atoms with E-state index in [-0.39, 0.29) is 22.4 Å². The molecule has 0 aliphatic carbocycles. The number of thiophene rings is 1. The Labute approximate surface area is 214 Å². The molecule has 0 aliphatic heterocycles. The van der Waals surface area contributed by atoms with Crippen LogP contribution in [-0.2, 0) is 10.0 Å². The first-order chi connectivity index (χ1) is 15.7. The summed E-state index contributed by atoms with van der Waals surface area (Å²) in [6.45, 7) is 2.04. The highest BCUT2D eigenvalue weighted by molar-refractivity contribution is 9.10. The number of carbonyl (C=O) groups excluding carboxylic acids is 1. The number of fused-ring (bicyclic) bond motifs is 1. The van der Waals surface area contributed by atoms with Crippen molar-refractivity contribution in [3.05, 3.63) is 86.1 Å². The molecule has 1 aromatic heterocycles. The van der Waals surface area contributed by atoms with Gasteiger partial charge >= 0.3 is 0 Å². The largest absolute Gasteiger partial charge is 0.320 e. The van der Waals surface area contributed by atoms with Crippen LogP contribution in [0.15, 0.2) is 76.1 Å². The van der Waals surface area contributed by atoms with Crippen molar-refractivity contribution in [1.82, 2.24) is 0 Å². The minimum absolute atomic E-state index is 0.205. The van der Waals surface area contributed by atoms with Crippen molar-refractivity contribution in [2.75, 3.05) is 16.2 Å². The van der Waals surface area contributed by atoms with Crippen LogP contribution in [-0.4, -0.2) is 20.9 Å². The number of anilines is 2. The number of benzene rings is 3. The Hall–Kier alpha value is -2.10. The van der Waals surface area contributed by atoms with Crippen LogP contribution in [0.2, 0.25) is 10.0 Å². The lowest BCUT2D eigenvalue weighted by Gasteiger charge is -2.23. The van der Waals surface area contributed by atoms with Gasteiger partial charge in [-0.1, -0.05) is 45.2 Å². The van der Waals surface area contributed by atoms with Crippen molar-refractivity contribution >= 4 is 87.9 Å². The van der Waals surface area contributed by atoms with Gasteiger partial charge in [-0.05, 0) is 73.0 Å². The maximum atomic E-state index is 13.2. The van der Waals surface area contributed by atoms with Crippen molar-refractivity contribution in [3.63, 3.8) is 0 Å². The first kappa shape index (κ1) is 24.0. The van der Waals surface area contributed by atoms with Crippen LogP contribution >= 0.6 is 50.5 Å². The van der Waals surface area contributed by atoms with E-state index in [0.29, 0.717) is 21.3 Å². The number of sulfonamides is 1. The Morgan fingerprint density at radius 1 is 1.06 bits per heavy atom. The molecule has 10 heteroatoms. The normalized spacial score (nSPS) is 11.5. The summed E-state index contributed by atoms with van der Waals surface area (Å²) in [5.74, 6) is -0.322. The van der Waals surface area contributed by atoms with Crippen LogP contribution < -0.4 is 9.62 Å². The van der Waals surface area contributed by atoms with Crippen LogP contribution in [0.4, 0.5) is 11.4 Å². The van der Waals surface area contributed by atoms with E-state index in [4.69, 9.17) is 23.2 Å². The fourth-order valence-electron chi connectivity index (χ4n) is 3.31. The molecule has 1 heterocycles. The number of amides is 1. The number of halogens is 3. The fraction of sp³-hybridized carbons (Fsp3) is 0.0870. The summed E-state index contributed by atoms with van der Waals surface area (Å²) in [7, 11) is -3.74. The predicted molar refractivity (Wildman–Crippen MR) is 141 cm³/mol. The van der Waals surface area contributed by atoms with Crippen LogP contribution in [0.3, 0.4) is 0 Å². The molecular weight excluding hydrogens is 567 g/mol. The van der Waals surface area contributed by atoms with Crippen molar-refractivity contribution in [3.8, 4) is 0 Å². The first-order valence-corrected chi connectivity index (χ1v) is 13.6. The molecule has 1 amide bonds. The molecular formula is C23H17BrCl2N2O3S2. The van der Waals surface area contributed by atoms with Crippen molar-refractivity contribution < 1.29 is 13.2 Å². The second-order valence-electron chi connectivity index (χ2n) is 7.01. The molecule has 0 saturated carbocycles. The van der Waals surface area contributed by atoms with Gasteiger partial charge in [0.2, 0.25) is 0 Å². The lowest BCUT2D eigenvalue weighted by atomic mass is 10.2. The van der Waals surface area contributed by atoms with E-state index in [9.17, 15) is 13.2 Å². The zero-order valence-corrected chi connectivity index (χ0v) is 21.9. The zero-order chi connectivity index (χ0) is 23.8. The Bertz CT molecular complexity index is 1450. The summed E-state index contributed by atoms with van der Waals surface area (Å²) < 4.78 is 29.4. The molecule has 0 bridgehead atoms. The van der Waals surface area contributed by atoms with Gasteiger partial charge < -0.3 is 5.32 Å². The van der Waals surface area contributed by atoms with Gasteiger partial charge in [0.15, 0.2) is 0 Å². The third kappa shape index (κ3) is 4.90. The second kappa shape index (κ2) is 9.64. The molecule has 0 unspecified atom stereocenters. The molecule has 4 aromatic rings. The van der Waals surface area contributed by atoms with E-state index in [2.05, 4.69) is 21.2 Å². The highest BCUT2D eigenvalue weighted by Gasteiger charge is 2.24. The maximum absolute atomic E-state index is 13.2. The molecule has 0 radical (unpaired) electrons. The third-order valence-electron chi connectivity index (χ3n) is 4.90. The molecule has 0 spiro atoms. The quantitative estimate of drug-likeness (QED) is 0.256. The molecule has 33 heavy (non-hydrogen) atoms. The van der Waals surface area contributed by atoms with E-state index in [0.717, 1.165) is 14.6 Å². The molecule has 3 aromatic carbocycles. The summed E-state index contributed by atoms with van der Waals surface area (Å²) >= 11 is 16.8. The smallest absolute Gasteiger partial charge is 0.265 e. The van der Waals surface area contributed by atoms with E-state index in [1.165, 1.54) is 15.6 Å². The first-order valence-electron chi connectivity index (χ1n) is 9.78. The average Bonchev–Trinajstić information content (AvgIpc) is 3.21. The van der Waals surface area contributed by atoms with E-state index in [1.807, 2.05) is 6.07 Å². The van der Waals surface area contributed by atoms with Gasteiger partial charge in [0, 0.05) is 15.7 Å². The van der Waals surface area contributed by atoms with Crippen molar-refractivity contribution in [1.29, 1.82) is 0 Å². The van der Waals surface area contributed by atoms with E-state index < -0.39 is 10.0 Å². The number of nitrogens with one attached hydrogen (secondary N) is 1. The number of nitrogens with zero attached hydrogens (tertiary/aromatic N) is 1. The van der Waals surface area contributed by atoms with Gasteiger partial charge in [-0.3, -0.25) is 9.10 Å². The topological polar surface area (TPSA) is 66.5 Å². The van der Waals surface area contributed by atoms with Gasteiger partial charge in [-0.15, -0.1) is 11.3 Å². The third-order valence-corrected chi connectivity index (χ3v) is 9.28. The van der Waals surface area contributed by atoms with Crippen LogP contribution in [0.25, 0.3) is 10.1 Å². The monoisotopic (exact) mass is 582 g/mol. The minimum atomic E-state index is -3.74. The Balaban J connectivity index is 1.65. The molecule has 0 saturated heterocycles. The van der Waals surface area contributed by atoms with Gasteiger partial charge in [0.25, 0.3) is 15.9 Å². The lowest BCUT2D eigenvalue weighted by molar-refractivity contribution is 0.103. The van der Waals surface area contributed by atoms with Crippen molar-refractivity contribution in [2.45, 2.75) is 11.8 Å². The van der Waals surface area contributed by atoms with Crippen LogP contribution in [0.5, 0.6) is 0 Å². The summed E-state index contributed by atoms with van der Waals surface area (Å²) in [6, 6.07) is 18.6. The van der Waals surface area contributed by atoms with Gasteiger partial charge in [-0.2, -0.15) is 0 Å². The summed E-state index contributed by atoms with van der Waals surface area (Å²) in [4.78, 5) is 13.5. The Morgan fingerprint density at radius 3 is 2.48 bits per heavy atom.